The van der Waals surface area contributed by atoms with Gasteiger partial charge < -0.3 is 9.47 Å². The molecule has 0 spiro atoms. The van der Waals surface area contributed by atoms with E-state index in [4.69, 9.17) is 15.3 Å². The van der Waals surface area contributed by atoms with Crippen molar-refractivity contribution in [1.82, 2.24) is 10.4 Å². The van der Waals surface area contributed by atoms with Crippen molar-refractivity contribution in [3.8, 4) is 11.6 Å². The van der Waals surface area contributed by atoms with E-state index in [1.165, 1.54) is 5.56 Å². The number of hydrogen-bond donors (Lipinski definition) is 2. The molecule has 2 aromatic rings. The predicted molar refractivity (Wildman–Crippen MR) is 82.4 cm³/mol. The summed E-state index contributed by atoms with van der Waals surface area (Å²) in [4.78, 5) is 4.23. The van der Waals surface area contributed by atoms with Gasteiger partial charge in [-0.1, -0.05) is 18.2 Å². The molecule has 3 N–H and O–H groups in total. The van der Waals surface area contributed by atoms with Gasteiger partial charge in [0, 0.05) is 17.3 Å². The van der Waals surface area contributed by atoms with E-state index in [0.717, 1.165) is 22.4 Å². The number of nitrogens with one attached hydrogen (secondary N) is 1. The van der Waals surface area contributed by atoms with Gasteiger partial charge in [0.2, 0.25) is 5.88 Å². The van der Waals surface area contributed by atoms with E-state index in [0.29, 0.717) is 5.88 Å². The maximum absolute atomic E-state index is 5.78. The largest absolute Gasteiger partial charge is 0.496 e. The topological polar surface area (TPSA) is 69.4 Å². The Labute approximate surface area is 125 Å². The van der Waals surface area contributed by atoms with Gasteiger partial charge in [0.05, 0.1) is 20.3 Å². The van der Waals surface area contributed by atoms with Gasteiger partial charge in [0.25, 0.3) is 0 Å². The molecule has 0 amide bonds. The second kappa shape index (κ2) is 6.56. The van der Waals surface area contributed by atoms with Gasteiger partial charge in [-0.3, -0.25) is 5.84 Å². The van der Waals surface area contributed by atoms with Crippen LogP contribution in [0.5, 0.6) is 11.6 Å². The summed E-state index contributed by atoms with van der Waals surface area (Å²) in [6.07, 6.45) is 1.69. The number of ether oxygens (including phenoxy) is 2. The number of hydrogen-bond acceptors (Lipinski definition) is 5. The standard InChI is InChI=1S/C16H21N3O2/c1-10-7-8-12(15(20-3)11(10)2)14(19-17)13-6-5-9-18-16(13)21-4/h5-9,14,19H,17H2,1-4H3. The van der Waals surface area contributed by atoms with Crippen molar-refractivity contribution in [3.63, 3.8) is 0 Å². The Morgan fingerprint density at radius 2 is 1.86 bits per heavy atom. The molecule has 0 aliphatic carbocycles. The lowest BCUT2D eigenvalue weighted by Crippen LogP contribution is -2.29. The van der Waals surface area contributed by atoms with Gasteiger partial charge in [-0.05, 0) is 31.0 Å². The third-order valence-corrected chi connectivity index (χ3v) is 3.69. The number of nitrogens with two attached hydrogens (primary N) is 1. The minimum absolute atomic E-state index is 0.261. The number of hydrazine groups is 1. The lowest BCUT2D eigenvalue weighted by molar-refractivity contribution is 0.381. The van der Waals surface area contributed by atoms with Gasteiger partial charge in [0.1, 0.15) is 5.75 Å². The Morgan fingerprint density at radius 3 is 2.48 bits per heavy atom. The fraction of sp³-hybridized carbons (Fsp3) is 0.312. The van der Waals surface area contributed by atoms with Crippen LogP contribution in [0.4, 0.5) is 0 Å². The van der Waals surface area contributed by atoms with Gasteiger partial charge in [-0.15, -0.1) is 0 Å². The lowest BCUT2D eigenvalue weighted by atomic mass is 9.95. The van der Waals surface area contributed by atoms with Gasteiger partial charge >= 0.3 is 0 Å². The normalized spacial score (nSPS) is 12.0. The monoisotopic (exact) mass is 287 g/mol. The number of rotatable bonds is 5. The van der Waals surface area contributed by atoms with Crippen molar-refractivity contribution >= 4 is 0 Å². The summed E-state index contributed by atoms with van der Waals surface area (Å²) in [5.74, 6) is 7.15. The van der Waals surface area contributed by atoms with Crippen LogP contribution in [0.3, 0.4) is 0 Å². The molecule has 1 unspecified atom stereocenters. The van der Waals surface area contributed by atoms with E-state index in [1.54, 1.807) is 20.4 Å². The van der Waals surface area contributed by atoms with E-state index in [-0.39, 0.29) is 6.04 Å². The molecule has 1 aromatic carbocycles. The smallest absolute Gasteiger partial charge is 0.218 e. The summed E-state index contributed by atoms with van der Waals surface area (Å²) in [5, 5.41) is 0. The van der Waals surface area contributed by atoms with Crippen molar-refractivity contribution in [2.45, 2.75) is 19.9 Å². The van der Waals surface area contributed by atoms with Crippen LogP contribution in [0.1, 0.15) is 28.3 Å². The summed E-state index contributed by atoms with van der Waals surface area (Å²) in [6.45, 7) is 4.09. The van der Waals surface area contributed by atoms with Crippen molar-refractivity contribution in [2.75, 3.05) is 14.2 Å². The highest BCUT2D eigenvalue weighted by atomic mass is 16.5. The third kappa shape index (κ3) is 2.84. The second-order valence-corrected chi connectivity index (χ2v) is 4.83. The number of nitrogens with zero attached hydrogens (tertiary/aromatic N) is 1. The summed E-state index contributed by atoms with van der Waals surface area (Å²) in [7, 11) is 3.26. The molecule has 1 heterocycles. The molecule has 5 heteroatoms. The quantitative estimate of drug-likeness (QED) is 0.652. The van der Waals surface area contributed by atoms with Crippen LogP contribution in [0.15, 0.2) is 30.5 Å². The molecule has 0 radical (unpaired) electrons. The average molecular weight is 287 g/mol. The summed E-state index contributed by atoms with van der Waals surface area (Å²) in [6, 6.07) is 7.60. The van der Waals surface area contributed by atoms with E-state index in [1.807, 2.05) is 25.1 Å². The van der Waals surface area contributed by atoms with Crippen LogP contribution >= 0.6 is 0 Å². The number of benzene rings is 1. The Balaban J connectivity index is 2.59. The first kappa shape index (κ1) is 15.3. The minimum atomic E-state index is -0.261. The molecule has 112 valence electrons. The van der Waals surface area contributed by atoms with Crippen LogP contribution in [0, 0.1) is 13.8 Å². The van der Waals surface area contributed by atoms with Crippen LogP contribution in [0.2, 0.25) is 0 Å². The first-order valence-corrected chi connectivity index (χ1v) is 6.73. The first-order valence-electron chi connectivity index (χ1n) is 6.73. The lowest BCUT2D eigenvalue weighted by Gasteiger charge is -2.22. The molecular formula is C16H21N3O2. The van der Waals surface area contributed by atoms with Crippen molar-refractivity contribution in [1.29, 1.82) is 0 Å². The summed E-state index contributed by atoms with van der Waals surface area (Å²) in [5.41, 5.74) is 6.92. The number of aromatic nitrogens is 1. The molecule has 1 atom stereocenters. The van der Waals surface area contributed by atoms with Crippen molar-refractivity contribution in [3.05, 3.63) is 52.7 Å². The molecule has 2 rings (SSSR count). The van der Waals surface area contributed by atoms with Crippen LogP contribution in [0.25, 0.3) is 0 Å². The average Bonchev–Trinajstić information content (AvgIpc) is 2.52. The van der Waals surface area contributed by atoms with Crippen LogP contribution in [-0.2, 0) is 0 Å². The van der Waals surface area contributed by atoms with Gasteiger partial charge in [-0.25, -0.2) is 10.4 Å². The summed E-state index contributed by atoms with van der Waals surface area (Å²) >= 11 is 0. The van der Waals surface area contributed by atoms with E-state index in [2.05, 4.69) is 23.4 Å². The Bertz CT molecular complexity index is 629. The van der Waals surface area contributed by atoms with Crippen LogP contribution in [-0.4, -0.2) is 19.2 Å². The number of pyridine rings is 1. The Kier molecular flexibility index (Phi) is 4.77. The molecule has 0 aliphatic rings. The fourth-order valence-corrected chi connectivity index (χ4v) is 2.45. The highest BCUT2D eigenvalue weighted by Crippen LogP contribution is 2.36. The van der Waals surface area contributed by atoms with E-state index in [9.17, 15) is 0 Å². The van der Waals surface area contributed by atoms with Crippen molar-refractivity contribution < 1.29 is 9.47 Å². The second-order valence-electron chi connectivity index (χ2n) is 4.83. The van der Waals surface area contributed by atoms with Crippen LogP contribution < -0.4 is 20.7 Å². The number of methoxy groups -OCH3 is 2. The Morgan fingerprint density at radius 1 is 1.10 bits per heavy atom. The number of aryl methyl sites for hydroxylation is 1. The molecule has 0 fully saturated rings. The highest BCUT2D eigenvalue weighted by molar-refractivity contribution is 5.50. The molecular weight excluding hydrogens is 266 g/mol. The third-order valence-electron chi connectivity index (χ3n) is 3.69. The van der Waals surface area contributed by atoms with Gasteiger partial charge in [0.15, 0.2) is 0 Å². The first-order chi connectivity index (χ1) is 10.1. The maximum atomic E-state index is 5.78. The minimum Gasteiger partial charge on any atom is -0.496 e. The van der Waals surface area contributed by atoms with Crippen molar-refractivity contribution in [2.24, 2.45) is 5.84 Å². The van der Waals surface area contributed by atoms with E-state index >= 15 is 0 Å². The zero-order valence-corrected chi connectivity index (χ0v) is 12.8. The van der Waals surface area contributed by atoms with E-state index < -0.39 is 0 Å². The SMILES string of the molecule is COc1ncccc1C(NN)c1ccc(C)c(C)c1OC. The maximum Gasteiger partial charge on any atom is 0.218 e. The highest BCUT2D eigenvalue weighted by Gasteiger charge is 2.22. The molecule has 0 saturated carbocycles. The zero-order chi connectivity index (χ0) is 15.4. The Hall–Kier alpha value is -2.11. The summed E-state index contributed by atoms with van der Waals surface area (Å²) < 4.78 is 10.9. The molecule has 21 heavy (non-hydrogen) atoms. The van der Waals surface area contributed by atoms with Gasteiger partial charge in [-0.2, -0.15) is 0 Å². The molecule has 5 nitrogen and oxygen atoms in total. The zero-order valence-electron chi connectivity index (χ0n) is 12.8. The molecule has 0 saturated heterocycles. The molecule has 1 aromatic heterocycles. The fourth-order valence-electron chi connectivity index (χ4n) is 2.45. The molecule has 0 bridgehead atoms. The predicted octanol–water partition coefficient (Wildman–Crippen LogP) is 2.27. The molecule has 0 aliphatic heterocycles.